The highest BCUT2D eigenvalue weighted by atomic mass is 35.5. The second kappa shape index (κ2) is 15.8. The molecule has 0 aliphatic carbocycles. The number of epoxide rings is 1. The Kier molecular flexibility index (Phi) is 12.1. The van der Waals surface area contributed by atoms with Crippen molar-refractivity contribution in [3.8, 4) is 5.75 Å². The van der Waals surface area contributed by atoms with Crippen molar-refractivity contribution >= 4 is 35.4 Å². The molecule has 47 heavy (non-hydrogen) atoms. The zero-order chi connectivity index (χ0) is 34.3. The van der Waals surface area contributed by atoms with Crippen molar-refractivity contribution in [1.29, 1.82) is 0 Å². The van der Waals surface area contributed by atoms with E-state index in [1.165, 1.54) is 13.2 Å². The van der Waals surface area contributed by atoms with Crippen LogP contribution in [0.2, 0.25) is 5.02 Å². The van der Waals surface area contributed by atoms with E-state index in [0.717, 1.165) is 5.56 Å². The van der Waals surface area contributed by atoms with Crippen LogP contribution >= 0.6 is 11.6 Å². The molecule has 0 aromatic heterocycles. The maximum atomic E-state index is 13.6. The van der Waals surface area contributed by atoms with Crippen LogP contribution in [0.5, 0.6) is 5.75 Å². The van der Waals surface area contributed by atoms with Crippen molar-refractivity contribution in [2.24, 2.45) is 17.3 Å². The fourth-order valence-corrected chi connectivity index (χ4v) is 5.75. The molecule has 0 saturated carbocycles. The molecule has 1 fully saturated rings. The van der Waals surface area contributed by atoms with Gasteiger partial charge in [0.2, 0.25) is 11.8 Å². The maximum absolute atomic E-state index is 13.6. The predicted molar refractivity (Wildman–Crippen MR) is 177 cm³/mol. The van der Waals surface area contributed by atoms with Crippen LogP contribution in [0.1, 0.15) is 64.7 Å². The van der Waals surface area contributed by atoms with Gasteiger partial charge in [-0.15, -0.1) is 0 Å². The van der Waals surface area contributed by atoms with Gasteiger partial charge in [0, 0.05) is 25.3 Å². The Labute approximate surface area is 281 Å². The van der Waals surface area contributed by atoms with Gasteiger partial charge < -0.3 is 29.6 Å². The van der Waals surface area contributed by atoms with Gasteiger partial charge in [0.15, 0.2) is 6.10 Å². The number of cyclic esters (lactones) is 2. The summed E-state index contributed by atoms with van der Waals surface area (Å²) in [7, 11) is 1.51. The summed E-state index contributed by atoms with van der Waals surface area (Å²) in [5.41, 5.74) is 0.524. The minimum absolute atomic E-state index is 0.0228. The van der Waals surface area contributed by atoms with Crippen molar-refractivity contribution in [2.45, 2.75) is 84.3 Å². The van der Waals surface area contributed by atoms with Crippen LogP contribution < -0.4 is 15.4 Å². The summed E-state index contributed by atoms with van der Waals surface area (Å²) in [6, 6.07) is 13.9. The van der Waals surface area contributed by atoms with Gasteiger partial charge in [-0.25, -0.2) is 4.79 Å². The summed E-state index contributed by atoms with van der Waals surface area (Å²) in [5, 5.41) is 5.91. The van der Waals surface area contributed by atoms with E-state index in [1.807, 2.05) is 51.1 Å². The number of rotatable bonds is 8. The van der Waals surface area contributed by atoms with Gasteiger partial charge in [0.05, 0.1) is 23.7 Å². The third-order valence-electron chi connectivity index (χ3n) is 8.41. The lowest BCUT2D eigenvalue weighted by Crippen LogP contribution is -2.51. The summed E-state index contributed by atoms with van der Waals surface area (Å²) in [6.45, 7) is 8.92. The van der Waals surface area contributed by atoms with Gasteiger partial charge in [-0.2, -0.15) is 0 Å². The van der Waals surface area contributed by atoms with E-state index >= 15 is 0 Å². The highest BCUT2D eigenvalue weighted by Crippen LogP contribution is 2.45. The minimum atomic E-state index is -1.20. The van der Waals surface area contributed by atoms with Gasteiger partial charge in [0.25, 0.3) is 0 Å². The smallest absolute Gasteiger partial charge is 0.347 e. The Morgan fingerprint density at radius 1 is 1.02 bits per heavy atom. The number of hydrogen-bond acceptors (Lipinski definition) is 8. The van der Waals surface area contributed by atoms with Gasteiger partial charge in [-0.05, 0) is 55.5 Å². The molecule has 2 aromatic carbocycles. The molecule has 10 nitrogen and oxygen atoms in total. The molecule has 2 aliphatic heterocycles. The molecule has 2 amide bonds. The summed E-state index contributed by atoms with van der Waals surface area (Å²) < 4.78 is 23.1. The van der Waals surface area contributed by atoms with Crippen LogP contribution in [0, 0.1) is 17.3 Å². The van der Waals surface area contributed by atoms with Gasteiger partial charge in [-0.3, -0.25) is 14.4 Å². The third-order valence-corrected chi connectivity index (χ3v) is 8.70. The van der Waals surface area contributed by atoms with Crippen molar-refractivity contribution < 1.29 is 38.1 Å². The molecule has 2 aromatic rings. The summed E-state index contributed by atoms with van der Waals surface area (Å²) in [5.74, 6) is -2.06. The molecule has 11 heteroatoms. The van der Waals surface area contributed by atoms with E-state index in [9.17, 15) is 19.2 Å². The molecule has 3 unspecified atom stereocenters. The van der Waals surface area contributed by atoms with Crippen LogP contribution in [0.4, 0.5) is 0 Å². The lowest BCUT2D eigenvalue weighted by Gasteiger charge is -2.29. The van der Waals surface area contributed by atoms with Crippen LogP contribution in [0.25, 0.3) is 0 Å². The second-order valence-corrected chi connectivity index (χ2v) is 13.7. The van der Waals surface area contributed by atoms with E-state index in [4.69, 9.17) is 30.5 Å². The average Bonchev–Trinajstić information content (AvgIpc) is 3.83. The monoisotopic (exact) mass is 668 g/mol. The van der Waals surface area contributed by atoms with E-state index < -0.39 is 47.4 Å². The zero-order valence-corrected chi connectivity index (χ0v) is 28.5. The summed E-state index contributed by atoms with van der Waals surface area (Å²) in [6.07, 6.45) is 1.34. The first kappa shape index (κ1) is 36.0. The molecule has 2 N–H and O–H groups in total. The maximum Gasteiger partial charge on any atom is 0.347 e. The first-order chi connectivity index (χ1) is 22.3. The number of nitrogens with one attached hydrogen (secondary N) is 2. The number of amides is 2. The SMILES string of the molecule is COc1ccc(C[C@H]2NC(=O)/C=C/CC([C@H](C)C3OC3c3ccccc3)OC(=O)[C@H](CC(C)C)OC(=O)C(C)(C)CNC2=O)cc1Cl. The Morgan fingerprint density at radius 3 is 2.40 bits per heavy atom. The highest BCUT2D eigenvalue weighted by molar-refractivity contribution is 6.32. The van der Waals surface area contributed by atoms with Crippen molar-refractivity contribution in [2.75, 3.05) is 13.7 Å². The fraction of sp³-hybridized carbons (Fsp3) is 0.500. The number of carbonyl (C=O) groups is 4. The van der Waals surface area contributed by atoms with Crippen LogP contribution in [0.15, 0.2) is 60.7 Å². The van der Waals surface area contributed by atoms with Crippen molar-refractivity contribution in [3.05, 3.63) is 76.8 Å². The molecule has 0 radical (unpaired) electrons. The first-order valence-electron chi connectivity index (χ1n) is 16.0. The number of halogens is 1. The summed E-state index contributed by atoms with van der Waals surface area (Å²) >= 11 is 6.32. The van der Waals surface area contributed by atoms with Crippen LogP contribution in [0.3, 0.4) is 0 Å². The number of methoxy groups -OCH3 is 1. The van der Waals surface area contributed by atoms with Gasteiger partial charge in [0.1, 0.15) is 24.0 Å². The number of ether oxygens (including phenoxy) is 4. The standard InChI is InChI=1S/C36H45ClN2O8/c1-21(2)17-29-34(42)45-27(22(3)31-32(47-31)24-11-8-7-9-12-24)13-10-14-30(40)39-26(19-23-15-16-28(44-6)25(37)18-23)33(41)38-20-36(4,5)35(43)46-29/h7-12,14-16,18,21-22,26-27,29,31-32H,13,17,19-20H2,1-6H3,(H,38,41)(H,39,40)/b14-10+/t22-,26+,27?,29-,31?,32?/m0/s1. The normalized spacial score (nSPS) is 26.8. The topological polar surface area (TPSA) is 133 Å². The molecular formula is C36H45ClN2O8. The Morgan fingerprint density at radius 2 is 1.74 bits per heavy atom. The highest BCUT2D eigenvalue weighted by Gasteiger charge is 2.48. The molecule has 254 valence electrons. The quantitative estimate of drug-likeness (QED) is 0.293. The van der Waals surface area contributed by atoms with Crippen LogP contribution in [-0.4, -0.2) is 61.8 Å². The number of benzene rings is 2. The van der Waals surface area contributed by atoms with E-state index in [2.05, 4.69) is 10.6 Å². The number of esters is 2. The molecule has 2 aliphatic rings. The lowest BCUT2D eigenvalue weighted by atomic mass is 9.92. The predicted octanol–water partition coefficient (Wildman–Crippen LogP) is 5.12. The fourth-order valence-electron chi connectivity index (χ4n) is 5.46. The zero-order valence-electron chi connectivity index (χ0n) is 27.8. The largest absolute Gasteiger partial charge is 0.495 e. The molecular weight excluding hydrogens is 624 g/mol. The van der Waals surface area contributed by atoms with Gasteiger partial charge in [-0.1, -0.05) is 74.8 Å². The Hall–Kier alpha value is -3.89. The van der Waals surface area contributed by atoms with Crippen LogP contribution in [-0.2, 0) is 39.8 Å². The Balaban J connectivity index is 1.61. The average molecular weight is 669 g/mol. The second-order valence-electron chi connectivity index (χ2n) is 13.3. The van der Waals surface area contributed by atoms with Gasteiger partial charge >= 0.3 is 11.9 Å². The molecule has 4 rings (SSSR count). The molecule has 1 saturated heterocycles. The summed E-state index contributed by atoms with van der Waals surface area (Å²) in [4.78, 5) is 53.6. The minimum Gasteiger partial charge on any atom is -0.495 e. The molecule has 0 bridgehead atoms. The van der Waals surface area contributed by atoms with E-state index in [-0.39, 0.29) is 49.9 Å². The number of carbonyl (C=O) groups excluding carboxylic acids is 4. The first-order valence-corrected chi connectivity index (χ1v) is 16.4. The molecule has 2 heterocycles. The van der Waals surface area contributed by atoms with E-state index in [1.54, 1.807) is 38.1 Å². The van der Waals surface area contributed by atoms with Crippen molar-refractivity contribution in [1.82, 2.24) is 10.6 Å². The third kappa shape index (κ3) is 9.81. The van der Waals surface area contributed by atoms with Crippen molar-refractivity contribution in [3.63, 3.8) is 0 Å². The Bertz CT molecular complexity index is 1460. The van der Waals surface area contributed by atoms with E-state index in [0.29, 0.717) is 16.3 Å². The lowest BCUT2D eigenvalue weighted by molar-refractivity contribution is -0.179. The molecule has 0 spiro atoms. The number of hydrogen-bond donors (Lipinski definition) is 2. The molecule has 6 atom stereocenters.